The van der Waals surface area contributed by atoms with Crippen molar-refractivity contribution in [2.75, 3.05) is 30.1 Å². The fraction of sp³-hybridized carbons (Fsp3) is 0.400. The molecule has 0 bridgehead atoms. The van der Waals surface area contributed by atoms with Crippen molar-refractivity contribution in [2.24, 2.45) is 5.41 Å². The highest BCUT2D eigenvalue weighted by Gasteiger charge is 2.50. The molecule has 30 heavy (non-hydrogen) atoms. The van der Waals surface area contributed by atoms with Crippen LogP contribution < -0.4 is 15.0 Å². The van der Waals surface area contributed by atoms with Crippen molar-refractivity contribution in [3.8, 4) is 5.75 Å². The van der Waals surface area contributed by atoms with E-state index in [1.165, 1.54) is 35.8 Å². The lowest BCUT2D eigenvalue weighted by Gasteiger charge is -2.28. The van der Waals surface area contributed by atoms with Crippen LogP contribution in [0.1, 0.15) is 13.3 Å². The minimum absolute atomic E-state index is 0.0421. The molecule has 1 N–H and O–H groups in total. The molecule has 0 saturated carbocycles. The molecule has 2 atom stereocenters. The van der Waals surface area contributed by atoms with Crippen molar-refractivity contribution in [3.63, 3.8) is 0 Å². The zero-order chi connectivity index (χ0) is 22.1. The number of alkyl halides is 2. The highest BCUT2D eigenvalue weighted by molar-refractivity contribution is 7.98. The Labute approximate surface area is 175 Å². The van der Waals surface area contributed by atoms with E-state index in [1.807, 2.05) is 6.26 Å². The van der Waals surface area contributed by atoms with Gasteiger partial charge < -0.3 is 15.0 Å². The first-order valence-electron chi connectivity index (χ1n) is 9.08. The quantitative estimate of drug-likeness (QED) is 0.523. The maximum atomic E-state index is 14.2. The first kappa shape index (κ1) is 22.2. The van der Waals surface area contributed by atoms with Crippen LogP contribution in [0.3, 0.4) is 0 Å². The van der Waals surface area contributed by atoms with Gasteiger partial charge in [-0.3, -0.25) is 4.79 Å². The summed E-state index contributed by atoms with van der Waals surface area (Å²) in [5.74, 6) is -3.34. The number of anilines is 2. The molecular weight excluding hydrogens is 422 g/mol. The number of methoxy groups -OCH3 is 1. The Balaban J connectivity index is 1.98. The van der Waals surface area contributed by atoms with Crippen LogP contribution in [-0.4, -0.2) is 43.3 Å². The van der Waals surface area contributed by atoms with Gasteiger partial charge in [0.1, 0.15) is 6.04 Å². The first-order chi connectivity index (χ1) is 14.2. The molecule has 1 aliphatic heterocycles. The number of rotatable bonds is 6. The van der Waals surface area contributed by atoms with E-state index in [0.717, 1.165) is 13.2 Å². The lowest BCUT2D eigenvalue weighted by molar-refractivity contribution is -0.117. The van der Waals surface area contributed by atoms with Crippen LogP contribution in [0.5, 0.6) is 5.75 Å². The molecule has 1 aromatic heterocycles. The number of hydrogen-bond donors (Lipinski definition) is 1. The fourth-order valence-electron chi connectivity index (χ4n) is 3.53. The van der Waals surface area contributed by atoms with Gasteiger partial charge in [0.25, 0.3) is 0 Å². The Morgan fingerprint density at radius 3 is 2.73 bits per heavy atom. The Morgan fingerprint density at radius 2 is 2.10 bits per heavy atom. The van der Waals surface area contributed by atoms with Crippen molar-refractivity contribution < 1.29 is 27.1 Å². The number of thioether (sulfide) groups is 1. The number of amides is 1. The number of nitrogens with one attached hydrogen (secondary N) is 1. The maximum Gasteiger partial charge on any atom is 0.247 e. The molecule has 5 nitrogen and oxygen atoms in total. The molecule has 1 aliphatic rings. The summed E-state index contributed by atoms with van der Waals surface area (Å²) in [4.78, 5) is 18.5. The zero-order valence-corrected chi connectivity index (χ0v) is 17.4. The average molecular weight is 443 g/mol. The Bertz CT molecular complexity index is 946. The highest BCUT2D eigenvalue weighted by Crippen LogP contribution is 2.45. The molecule has 1 saturated heterocycles. The van der Waals surface area contributed by atoms with E-state index in [-0.39, 0.29) is 18.7 Å². The van der Waals surface area contributed by atoms with Crippen LogP contribution in [-0.2, 0) is 4.79 Å². The molecular formula is C20H21F4N3O2S. The van der Waals surface area contributed by atoms with Crippen LogP contribution in [0.2, 0.25) is 0 Å². The maximum absolute atomic E-state index is 14.2. The molecule has 162 valence electrons. The molecule has 0 radical (unpaired) electrons. The van der Waals surface area contributed by atoms with Gasteiger partial charge in [0.15, 0.2) is 11.6 Å². The molecule has 2 heterocycles. The van der Waals surface area contributed by atoms with Gasteiger partial charge in [-0.2, -0.15) is 4.39 Å². The molecule has 1 fully saturated rings. The summed E-state index contributed by atoms with van der Waals surface area (Å²) in [5, 5.41) is 3.39. The van der Waals surface area contributed by atoms with E-state index >= 15 is 0 Å². The number of aromatic nitrogens is 1. The van der Waals surface area contributed by atoms with Gasteiger partial charge in [0.2, 0.25) is 18.1 Å². The number of nitrogens with zero attached hydrogens (tertiary/aromatic N) is 2. The monoisotopic (exact) mass is 443 g/mol. The Hall–Kier alpha value is -2.49. The average Bonchev–Trinajstić information content (AvgIpc) is 3.09. The molecule has 3 rings (SSSR count). The molecule has 2 unspecified atom stereocenters. The predicted molar refractivity (Wildman–Crippen MR) is 107 cm³/mol. The number of carbonyl (C=O) groups is 1. The summed E-state index contributed by atoms with van der Waals surface area (Å²) in [6, 6.07) is 4.32. The van der Waals surface area contributed by atoms with E-state index in [2.05, 4.69) is 10.3 Å². The predicted octanol–water partition coefficient (Wildman–Crippen LogP) is 4.58. The second kappa shape index (κ2) is 8.71. The summed E-state index contributed by atoms with van der Waals surface area (Å²) in [5.41, 5.74) is -1.01. The number of carbonyl (C=O) groups excluding carboxylic acids is 1. The van der Waals surface area contributed by atoms with Gasteiger partial charge in [-0.1, -0.05) is 6.92 Å². The highest BCUT2D eigenvalue weighted by atomic mass is 32.2. The van der Waals surface area contributed by atoms with Gasteiger partial charge in [-0.05, 0) is 36.9 Å². The van der Waals surface area contributed by atoms with Crippen LogP contribution in [0.25, 0.3) is 0 Å². The van der Waals surface area contributed by atoms with E-state index in [9.17, 15) is 22.4 Å². The number of hydrogen-bond acceptors (Lipinski definition) is 5. The summed E-state index contributed by atoms with van der Waals surface area (Å²) in [6.45, 7) is 1.14. The van der Waals surface area contributed by atoms with Crippen LogP contribution in [0.4, 0.5) is 28.9 Å². The second-order valence-corrected chi connectivity index (χ2v) is 8.12. The Kier molecular flexibility index (Phi) is 6.44. The van der Waals surface area contributed by atoms with E-state index < -0.39 is 41.2 Å². The van der Waals surface area contributed by atoms with Gasteiger partial charge in [0, 0.05) is 23.8 Å². The molecule has 0 aliphatic carbocycles. The van der Waals surface area contributed by atoms with Gasteiger partial charge in [-0.25, -0.2) is 18.2 Å². The van der Waals surface area contributed by atoms with E-state index in [4.69, 9.17) is 4.74 Å². The molecule has 1 aromatic carbocycles. The van der Waals surface area contributed by atoms with Crippen LogP contribution >= 0.6 is 11.8 Å². The van der Waals surface area contributed by atoms with Gasteiger partial charge >= 0.3 is 0 Å². The minimum atomic E-state index is -2.71. The first-order valence-corrected chi connectivity index (χ1v) is 10.3. The summed E-state index contributed by atoms with van der Waals surface area (Å²) >= 11 is 1.39. The number of ether oxygens (including phenoxy) is 1. The standard InChI is InChI=1S/C20H21F4N3O2S/c1-20(19(23)24)9-14(18(28)26-11-6-7-25-15(8-11)30-3)27(10-20)13-5-4-12(21)16(22)17(13)29-2/h4-8,14,19H,9-10H2,1-3H3,(H,25,26,28). The third-order valence-corrected chi connectivity index (χ3v) is 5.79. The van der Waals surface area contributed by atoms with Crippen molar-refractivity contribution >= 4 is 29.0 Å². The lowest BCUT2D eigenvalue weighted by Crippen LogP contribution is -2.40. The number of benzene rings is 1. The van der Waals surface area contributed by atoms with Crippen molar-refractivity contribution in [3.05, 3.63) is 42.1 Å². The third-order valence-electron chi connectivity index (χ3n) is 5.15. The lowest BCUT2D eigenvalue weighted by atomic mass is 9.88. The summed E-state index contributed by atoms with van der Waals surface area (Å²) < 4.78 is 60.4. The van der Waals surface area contributed by atoms with Crippen molar-refractivity contribution in [1.29, 1.82) is 0 Å². The van der Waals surface area contributed by atoms with Crippen molar-refractivity contribution in [2.45, 2.75) is 30.8 Å². The van der Waals surface area contributed by atoms with Gasteiger partial charge in [0.05, 0.1) is 17.8 Å². The SMILES string of the molecule is COc1c(N2CC(C)(C(F)F)CC2C(=O)Nc2ccnc(SC)c2)ccc(F)c1F. The topological polar surface area (TPSA) is 54.5 Å². The second-order valence-electron chi connectivity index (χ2n) is 7.29. The molecule has 0 spiro atoms. The van der Waals surface area contributed by atoms with Crippen molar-refractivity contribution in [1.82, 2.24) is 4.98 Å². The Morgan fingerprint density at radius 1 is 1.37 bits per heavy atom. The normalized spacial score (nSPS) is 21.2. The zero-order valence-electron chi connectivity index (χ0n) is 16.6. The summed E-state index contributed by atoms with van der Waals surface area (Å²) in [7, 11) is 1.15. The van der Waals surface area contributed by atoms with E-state index in [0.29, 0.717) is 10.7 Å². The van der Waals surface area contributed by atoms with Gasteiger partial charge in [-0.15, -0.1) is 11.8 Å². The third kappa shape index (κ3) is 4.19. The number of halogens is 4. The minimum Gasteiger partial charge on any atom is -0.491 e. The summed E-state index contributed by atoms with van der Waals surface area (Å²) in [6.07, 6.45) is 0.475. The largest absolute Gasteiger partial charge is 0.491 e. The van der Waals surface area contributed by atoms with E-state index in [1.54, 1.807) is 12.1 Å². The van der Waals surface area contributed by atoms with Crippen LogP contribution in [0.15, 0.2) is 35.5 Å². The molecule has 2 aromatic rings. The number of pyridine rings is 1. The smallest absolute Gasteiger partial charge is 0.247 e. The fourth-order valence-corrected chi connectivity index (χ4v) is 3.94. The van der Waals surface area contributed by atoms with Crippen LogP contribution in [0, 0.1) is 17.0 Å². The molecule has 10 heteroatoms. The molecule has 1 amide bonds.